The summed E-state index contributed by atoms with van der Waals surface area (Å²) in [6.07, 6.45) is -0.373. The summed E-state index contributed by atoms with van der Waals surface area (Å²) in [5.74, 6) is -0.454. The lowest BCUT2D eigenvalue weighted by Gasteiger charge is -2.22. The normalized spacial score (nSPS) is 15.2. The minimum Gasteiger partial charge on any atom is -0.273 e. The molecule has 10 heteroatoms. The molecule has 7 nitrogen and oxygen atoms in total. The van der Waals surface area contributed by atoms with Gasteiger partial charge in [0.2, 0.25) is 5.91 Å². The van der Waals surface area contributed by atoms with Gasteiger partial charge >= 0.3 is 6.18 Å². The van der Waals surface area contributed by atoms with Crippen LogP contribution in [0.5, 0.6) is 0 Å². The molecule has 0 bridgehead atoms. The number of halogens is 3. The van der Waals surface area contributed by atoms with E-state index in [2.05, 4.69) is 10.1 Å². The van der Waals surface area contributed by atoms with E-state index in [-0.39, 0.29) is 23.7 Å². The molecule has 0 radical (unpaired) electrons. The molecule has 0 unspecified atom stereocenters. The second kappa shape index (κ2) is 6.86. The SMILES string of the molecule is Cc1cc(-c2ncn(/C=C\C(=O)N3CCC(=O)N3C)n2)cc(C(F)(F)F)c1. The molecule has 0 N–H and O–H groups in total. The van der Waals surface area contributed by atoms with E-state index in [4.69, 9.17) is 0 Å². The molecule has 0 atom stereocenters. The Kier molecular flexibility index (Phi) is 4.73. The van der Waals surface area contributed by atoms with Crippen LogP contribution in [0.3, 0.4) is 0 Å². The maximum absolute atomic E-state index is 13.0. The topological polar surface area (TPSA) is 71.3 Å². The fourth-order valence-corrected chi connectivity index (χ4v) is 2.69. The number of hydrazine groups is 1. The van der Waals surface area contributed by atoms with Crippen LogP contribution in [0, 0.1) is 6.92 Å². The van der Waals surface area contributed by atoms with Crippen LogP contribution in [0.25, 0.3) is 17.6 Å². The zero-order chi connectivity index (χ0) is 19.8. The van der Waals surface area contributed by atoms with E-state index in [1.54, 1.807) is 13.0 Å². The molecular weight excluding hydrogens is 363 g/mol. The van der Waals surface area contributed by atoms with Crippen LogP contribution in [-0.2, 0) is 15.8 Å². The van der Waals surface area contributed by atoms with Crippen LogP contribution in [0.4, 0.5) is 13.2 Å². The minimum absolute atomic E-state index is 0.106. The van der Waals surface area contributed by atoms with E-state index in [0.717, 1.165) is 12.1 Å². The average Bonchev–Trinajstić information content (AvgIpc) is 3.19. The molecule has 0 aliphatic carbocycles. The quantitative estimate of drug-likeness (QED) is 0.768. The lowest BCUT2D eigenvalue weighted by atomic mass is 10.1. The summed E-state index contributed by atoms with van der Waals surface area (Å²) >= 11 is 0. The smallest absolute Gasteiger partial charge is 0.273 e. The molecule has 3 rings (SSSR count). The second-order valence-corrected chi connectivity index (χ2v) is 6.08. The molecule has 0 saturated carbocycles. The van der Waals surface area contributed by atoms with Crippen molar-refractivity contribution in [3.63, 3.8) is 0 Å². The third-order valence-electron chi connectivity index (χ3n) is 4.06. The van der Waals surface area contributed by atoms with E-state index in [1.165, 1.54) is 40.4 Å². The highest BCUT2D eigenvalue weighted by Crippen LogP contribution is 2.32. The molecule has 1 aliphatic rings. The molecule has 0 spiro atoms. The van der Waals surface area contributed by atoms with Crippen molar-refractivity contribution in [2.24, 2.45) is 0 Å². The third-order valence-corrected chi connectivity index (χ3v) is 4.06. The summed E-state index contributed by atoms with van der Waals surface area (Å²) in [6.45, 7) is 1.85. The maximum Gasteiger partial charge on any atom is 0.416 e. The Hall–Kier alpha value is -3.17. The molecule has 2 amide bonds. The molecule has 1 aliphatic heterocycles. The molecule has 2 aromatic rings. The van der Waals surface area contributed by atoms with Crippen LogP contribution in [0.15, 0.2) is 30.6 Å². The monoisotopic (exact) mass is 379 g/mol. The molecule has 142 valence electrons. The predicted molar refractivity (Wildman–Crippen MR) is 89.6 cm³/mol. The predicted octanol–water partition coefficient (Wildman–Crippen LogP) is 2.35. The Morgan fingerprint density at radius 1 is 1.26 bits per heavy atom. The standard InChI is InChI=1S/C17H16F3N5O2/c1-11-7-12(9-13(8-11)17(18,19)20)16-21-10-24(22-16)5-3-15(27)25-6-4-14(26)23(25)2/h3,5,7-10H,4,6H2,1-2H3/b5-3-. The highest BCUT2D eigenvalue weighted by atomic mass is 19.4. The van der Waals surface area contributed by atoms with Gasteiger partial charge in [-0.15, -0.1) is 5.10 Å². The van der Waals surface area contributed by atoms with E-state index < -0.39 is 17.6 Å². The maximum atomic E-state index is 13.0. The Morgan fingerprint density at radius 2 is 2.00 bits per heavy atom. The first-order chi connectivity index (χ1) is 12.6. The number of carbonyl (C=O) groups is 2. The van der Waals surface area contributed by atoms with E-state index in [9.17, 15) is 22.8 Å². The van der Waals surface area contributed by atoms with Gasteiger partial charge in [-0.25, -0.2) is 14.7 Å². The summed E-state index contributed by atoms with van der Waals surface area (Å²) in [6, 6.07) is 3.58. The number of aryl methyl sites for hydroxylation is 1. The number of amides is 2. The zero-order valence-electron chi connectivity index (χ0n) is 14.6. The summed E-state index contributed by atoms with van der Waals surface area (Å²) in [7, 11) is 1.50. The molecule has 1 aromatic carbocycles. The first-order valence-corrected chi connectivity index (χ1v) is 8.02. The number of rotatable bonds is 3. The van der Waals surface area contributed by atoms with Gasteiger partial charge in [-0.3, -0.25) is 14.6 Å². The molecule has 2 heterocycles. The van der Waals surface area contributed by atoms with Crippen LogP contribution >= 0.6 is 0 Å². The third kappa shape index (κ3) is 3.99. The second-order valence-electron chi connectivity index (χ2n) is 6.08. The molecule has 1 aromatic heterocycles. The fourth-order valence-electron chi connectivity index (χ4n) is 2.69. The summed E-state index contributed by atoms with van der Waals surface area (Å²) in [5, 5.41) is 6.60. The number of hydrogen-bond donors (Lipinski definition) is 0. The largest absolute Gasteiger partial charge is 0.416 e. The van der Waals surface area contributed by atoms with Crippen molar-refractivity contribution in [3.05, 3.63) is 41.7 Å². The Bertz CT molecular complexity index is 920. The van der Waals surface area contributed by atoms with E-state index in [0.29, 0.717) is 12.1 Å². The van der Waals surface area contributed by atoms with Crippen LogP contribution in [0.1, 0.15) is 17.5 Å². The van der Waals surface area contributed by atoms with Crippen molar-refractivity contribution >= 4 is 18.0 Å². The van der Waals surface area contributed by atoms with Gasteiger partial charge in [0.15, 0.2) is 5.82 Å². The molecule has 1 fully saturated rings. The average molecular weight is 379 g/mol. The number of aromatic nitrogens is 3. The molecule has 1 saturated heterocycles. The van der Waals surface area contributed by atoms with Crippen LogP contribution in [0.2, 0.25) is 0 Å². The lowest BCUT2D eigenvalue weighted by Crippen LogP contribution is -2.39. The van der Waals surface area contributed by atoms with E-state index in [1.807, 2.05) is 0 Å². The first kappa shape index (κ1) is 18.6. The minimum atomic E-state index is -4.46. The molecular formula is C17H16F3N5O2. The first-order valence-electron chi connectivity index (χ1n) is 8.02. The zero-order valence-corrected chi connectivity index (χ0v) is 14.6. The van der Waals surface area contributed by atoms with Gasteiger partial charge in [-0.1, -0.05) is 0 Å². The van der Waals surface area contributed by atoms with Crippen molar-refractivity contribution in [2.75, 3.05) is 13.6 Å². The Labute approximate surface area is 152 Å². The van der Waals surface area contributed by atoms with Gasteiger partial charge in [0.1, 0.15) is 6.33 Å². The van der Waals surface area contributed by atoms with Gasteiger partial charge < -0.3 is 0 Å². The number of carbonyl (C=O) groups excluding carboxylic acids is 2. The Morgan fingerprint density at radius 3 is 2.63 bits per heavy atom. The van der Waals surface area contributed by atoms with Crippen molar-refractivity contribution in [1.29, 1.82) is 0 Å². The lowest BCUT2D eigenvalue weighted by molar-refractivity contribution is -0.147. The van der Waals surface area contributed by atoms with Crippen molar-refractivity contribution in [1.82, 2.24) is 24.8 Å². The number of nitrogens with zero attached hydrogens (tertiary/aromatic N) is 5. The van der Waals surface area contributed by atoms with Gasteiger partial charge in [-0.05, 0) is 30.7 Å². The highest BCUT2D eigenvalue weighted by molar-refractivity contribution is 5.93. The number of benzene rings is 1. The number of hydrogen-bond acceptors (Lipinski definition) is 4. The van der Waals surface area contributed by atoms with E-state index >= 15 is 0 Å². The van der Waals surface area contributed by atoms with Gasteiger partial charge in [0, 0.05) is 31.3 Å². The highest BCUT2D eigenvalue weighted by Gasteiger charge is 2.31. The summed E-state index contributed by atoms with van der Waals surface area (Å²) < 4.78 is 40.1. The van der Waals surface area contributed by atoms with Gasteiger partial charge in [0.05, 0.1) is 12.1 Å². The summed E-state index contributed by atoms with van der Waals surface area (Å²) in [4.78, 5) is 27.6. The Balaban J connectivity index is 1.78. The van der Waals surface area contributed by atoms with Gasteiger partial charge in [-0.2, -0.15) is 13.2 Å². The van der Waals surface area contributed by atoms with Crippen molar-refractivity contribution < 1.29 is 22.8 Å². The van der Waals surface area contributed by atoms with Crippen molar-refractivity contribution in [2.45, 2.75) is 19.5 Å². The fraction of sp³-hybridized carbons (Fsp3) is 0.294. The molecule has 27 heavy (non-hydrogen) atoms. The van der Waals surface area contributed by atoms with Crippen LogP contribution in [-0.4, -0.2) is 50.2 Å². The number of alkyl halides is 3. The van der Waals surface area contributed by atoms with Crippen LogP contribution < -0.4 is 0 Å². The summed E-state index contributed by atoms with van der Waals surface area (Å²) in [5.41, 5.74) is -0.115. The van der Waals surface area contributed by atoms with Gasteiger partial charge in [0.25, 0.3) is 5.91 Å². The van der Waals surface area contributed by atoms with Crippen molar-refractivity contribution in [3.8, 4) is 11.4 Å².